The van der Waals surface area contributed by atoms with E-state index in [-0.39, 0.29) is 5.69 Å². The Labute approximate surface area is 124 Å². The molecule has 0 aliphatic rings. The molecule has 0 aliphatic carbocycles. The first-order valence-electron chi connectivity index (χ1n) is 6.60. The number of nitrogens with one attached hydrogen (secondary N) is 1. The van der Waals surface area contributed by atoms with Gasteiger partial charge in [-0.15, -0.1) is 5.10 Å². The summed E-state index contributed by atoms with van der Waals surface area (Å²) in [6, 6.07) is 5.35. The quantitative estimate of drug-likeness (QED) is 0.552. The molecule has 0 atom stereocenters. The molecule has 3 aromatic rings. The van der Waals surface area contributed by atoms with E-state index in [2.05, 4.69) is 15.2 Å². The monoisotopic (exact) mass is 305 g/mol. The lowest BCUT2D eigenvalue weighted by molar-refractivity contribution is 0.554. The molecule has 8 heteroatoms. The Morgan fingerprint density at radius 3 is 3.14 bits per heavy atom. The van der Waals surface area contributed by atoms with Gasteiger partial charge in [0.1, 0.15) is 5.52 Å². The van der Waals surface area contributed by atoms with Crippen LogP contribution in [0.15, 0.2) is 32.6 Å². The molecule has 21 heavy (non-hydrogen) atoms. The zero-order valence-electron chi connectivity index (χ0n) is 11.5. The number of fused-ring (bicyclic) bond motifs is 1. The Bertz CT molecular complexity index is 819. The number of benzene rings is 1. The van der Waals surface area contributed by atoms with Crippen molar-refractivity contribution < 1.29 is 4.42 Å². The summed E-state index contributed by atoms with van der Waals surface area (Å²) in [7, 11) is 0. The van der Waals surface area contributed by atoms with Crippen molar-refractivity contribution in [2.75, 3.05) is 5.73 Å². The number of nitrogens with zero attached hydrogens (tertiary/aromatic N) is 3. The molecule has 0 aliphatic heterocycles. The van der Waals surface area contributed by atoms with Gasteiger partial charge < -0.3 is 10.2 Å². The number of anilines is 1. The zero-order chi connectivity index (χ0) is 14.8. The van der Waals surface area contributed by atoms with Crippen LogP contribution in [0.1, 0.15) is 19.2 Å². The molecule has 0 fully saturated rings. The maximum absolute atomic E-state index is 11.6. The number of rotatable bonds is 5. The second-order valence-corrected chi connectivity index (χ2v) is 5.53. The molecular weight excluding hydrogens is 290 g/mol. The molecule has 0 saturated carbocycles. The molecule has 3 rings (SSSR count). The van der Waals surface area contributed by atoms with Crippen molar-refractivity contribution >= 4 is 28.5 Å². The highest BCUT2D eigenvalue weighted by molar-refractivity contribution is 7.98. The van der Waals surface area contributed by atoms with E-state index in [9.17, 15) is 4.79 Å². The summed E-state index contributed by atoms with van der Waals surface area (Å²) in [4.78, 5) is 16.0. The number of hydrogen-bond acceptors (Lipinski definition) is 6. The number of oxazole rings is 1. The van der Waals surface area contributed by atoms with Crippen molar-refractivity contribution in [2.24, 2.45) is 0 Å². The van der Waals surface area contributed by atoms with E-state index in [1.54, 1.807) is 22.8 Å². The van der Waals surface area contributed by atoms with Crippen molar-refractivity contribution in [1.29, 1.82) is 0 Å². The lowest BCUT2D eigenvalue weighted by Crippen LogP contribution is -2.17. The van der Waals surface area contributed by atoms with Crippen LogP contribution >= 0.6 is 11.8 Å². The fraction of sp³-hybridized carbons (Fsp3) is 0.308. The van der Waals surface area contributed by atoms with Crippen molar-refractivity contribution in [1.82, 2.24) is 19.7 Å². The molecule has 3 N–H and O–H groups in total. The smallest absolute Gasteiger partial charge is 0.343 e. The van der Waals surface area contributed by atoms with Crippen molar-refractivity contribution in [3.8, 4) is 0 Å². The predicted molar refractivity (Wildman–Crippen MR) is 81.1 cm³/mol. The molecule has 2 heterocycles. The fourth-order valence-electron chi connectivity index (χ4n) is 2.01. The van der Waals surface area contributed by atoms with Crippen molar-refractivity contribution in [3.63, 3.8) is 0 Å². The molecule has 7 nitrogen and oxygen atoms in total. The van der Waals surface area contributed by atoms with Gasteiger partial charge >= 0.3 is 5.69 Å². The van der Waals surface area contributed by atoms with Gasteiger partial charge in [0.15, 0.2) is 10.7 Å². The SMILES string of the molecule is CCCn1c(SCc2nc3cc(N)ccc3o2)n[nH]c1=O. The summed E-state index contributed by atoms with van der Waals surface area (Å²) >= 11 is 1.41. The van der Waals surface area contributed by atoms with Gasteiger partial charge in [0, 0.05) is 12.2 Å². The Balaban J connectivity index is 1.78. The van der Waals surface area contributed by atoms with Crippen LogP contribution in [0.2, 0.25) is 0 Å². The van der Waals surface area contributed by atoms with Crippen LogP contribution in [0, 0.1) is 0 Å². The summed E-state index contributed by atoms with van der Waals surface area (Å²) in [6.45, 7) is 2.65. The highest BCUT2D eigenvalue weighted by Gasteiger charge is 2.11. The first-order valence-corrected chi connectivity index (χ1v) is 7.59. The molecule has 0 saturated heterocycles. The minimum Gasteiger partial charge on any atom is -0.440 e. The molecule has 0 spiro atoms. The highest BCUT2D eigenvalue weighted by atomic mass is 32.2. The van der Waals surface area contributed by atoms with Crippen LogP contribution in [0.4, 0.5) is 5.69 Å². The minimum atomic E-state index is -0.190. The van der Waals surface area contributed by atoms with E-state index in [4.69, 9.17) is 10.2 Å². The van der Waals surface area contributed by atoms with E-state index in [1.807, 2.05) is 6.92 Å². The third kappa shape index (κ3) is 2.80. The topological polar surface area (TPSA) is 103 Å². The van der Waals surface area contributed by atoms with E-state index in [0.29, 0.717) is 34.6 Å². The fourth-order valence-corrected chi connectivity index (χ4v) is 2.83. The van der Waals surface area contributed by atoms with Gasteiger partial charge in [-0.2, -0.15) is 0 Å². The van der Waals surface area contributed by atoms with Gasteiger partial charge in [-0.3, -0.25) is 4.57 Å². The lowest BCUT2D eigenvalue weighted by atomic mass is 10.3. The summed E-state index contributed by atoms with van der Waals surface area (Å²) in [6.07, 6.45) is 0.870. The average molecular weight is 305 g/mol. The van der Waals surface area contributed by atoms with E-state index >= 15 is 0 Å². The van der Waals surface area contributed by atoms with E-state index < -0.39 is 0 Å². The predicted octanol–water partition coefficient (Wildman–Crippen LogP) is 2.00. The van der Waals surface area contributed by atoms with Gasteiger partial charge in [0.25, 0.3) is 0 Å². The average Bonchev–Trinajstić information content (AvgIpc) is 3.01. The van der Waals surface area contributed by atoms with Crippen LogP contribution in [0.5, 0.6) is 0 Å². The first-order chi connectivity index (χ1) is 10.2. The van der Waals surface area contributed by atoms with Crippen LogP contribution in [0.25, 0.3) is 11.1 Å². The number of thioether (sulfide) groups is 1. The van der Waals surface area contributed by atoms with Crippen molar-refractivity contribution in [2.45, 2.75) is 30.8 Å². The van der Waals surface area contributed by atoms with Crippen LogP contribution in [0.3, 0.4) is 0 Å². The standard InChI is InChI=1S/C13H15N5O2S/c1-2-5-18-12(19)16-17-13(18)21-7-11-15-9-6-8(14)3-4-10(9)20-11/h3-4,6H,2,5,7,14H2,1H3,(H,16,19). The maximum atomic E-state index is 11.6. The Hall–Kier alpha value is -2.22. The molecular formula is C13H15N5O2S. The number of nitrogen functional groups attached to an aromatic ring is 1. The molecule has 1 aromatic carbocycles. The van der Waals surface area contributed by atoms with Gasteiger partial charge in [-0.05, 0) is 24.6 Å². The summed E-state index contributed by atoms with van der Waals surface area (Å²) in [5, 5.41) is 7.12. The van der Waals surface area contributed by atoms with Gasteiger partial charge in [0.05, 0.1) is 5.75 Å². The first kappa shape index (κ1) is 13.7. The molecule has 0 amide bonds. The Morgan fingerprint density at radius 2 is 2.33 bits per heavy atom. The summed E-state index contributed by atoms with van der Waals surface area (Å²) in [5.74, 6) is 1.09. The molecule has 110 valence electrons. The number of aromatic amines is 1. The summed E-state index contributed by atoms with van der Waals surface area (Å²) < 4.78 is 7.25. The zero-order valence-corrected chi connectivity index (χ0v) is 12.3. The number of aromatic nitrogens is 4. The van der Waals surface area contributed by atoms with Crippen molar-refractivity contribution in [3.05, 3.63) is 34.6 Å². The molecule has 0 bridgehead atoms. The minimum absolute atomic E-state index is 0.190. The summed E-state index contributed by atoms with van der Waals surface area (Å²) in [5.41, 5.74) is 7.61. The number of hydrogen-bond donors (Lipinski definition) is 2. The second-order valence-electron chi connectivity index (χ2n) is 4.59. The van der Waals surface area contributed by atoms with Gasteiger partial charge in [-0.1, -0.05) is 18.7 Å². The third-order valence-electron chi connectivity index (χ3n) is 2.95. The number of H-pyrrole nitrogens is 1. The largest absolute Gasteiger partial charge is 0.440 e. The van der Waals surface area contributed by atoms with Crippen LogP contribution in [-0.4, -0.2) is 19.7 Å². The third-order valence-corrected chi connectivity index (χ3v) is 3.91. The Morgan fingerprint density at radius 1 is 1.48 bits per heavy atom. The van der Waals surface area contributed by atoms with Crippen LogP contribution < -0.4 is 11.4 Å². The normalized spacial score (nSPS) is 11.3. The van der Waals surface area contributed by atoms with Crippen LogP contribution in [-0.2, 0) is 12.3 Å². The van der Waals surface area contributed by atoms with E-state index in [0.717, 1.165) is 11.9 Å². The second kappa shape index (κ2) is 5.65. The molecule has 2 aromatic heterocycles. The Kier molecular flexibility index (Phi) is 3.70. The van der Waals surface area contributed by atoms with E-state index in [1.165, 1.54) is 11.8 Å². The molecule has 0 unspecified atom stereocenters. The molecule has 0 radical (unpaired) electrons. The number of nitrogens with two attached hydrogens (primary N) is 1. The van der Waals surface area contributed by atoms with Gasteiger partial charge in [-0.25, -0.2) is 14.9 Å². The van der Waals surface area contributed by atoms with Gasteiger partial charge in [0.2, 0.25) is 5.89 Å². The maximum Gasteiger partial charge on any atom is 0.343 e. The lowest BCUT2D eigenvalue weighted by Gasteiger charge is -2.01. The highest BCUT2D eigenvalue weighted by Crippen LogP contribution is 2.23.